The van der Waals surface area contributed by atoms with Crippen LogP contribution in [0.25, 0.3) is 10.2 Å². The van der Waals surface area contributed by atoms with Crippen molar-refractivity contribution in [2.75, 3.05) is 18.0 Å². The third-order valence-corrected chi connectivity index (χ3v) is 6.54. The van der Waals surface area contributed by atoms with Gasteiger partial charge in [0, 0.05) is 31.9 Å². The minimum Gasteiger partial charge on any atom is -0.475 e. The van der Waals surface area contributed by atoms with Crippen LogP contribution in [0.15, 0.2) is 42.5 Å². The first kappa shape index (κ1) is 26.4. The van der Waals surface area contributed by atoms with E-state index in [1.54, 1.807) is 11.3 Å². The summed E-state index contributed by atoms with van der Waals surface area (Å²) in [7, 11) is 0. The number of aliphatic carboxylic acids is 1. The predicted octanol–water partition coefficient (Wildman–Crippen LogP) is 4.23. The number of nitrogens with two attached hydrogens (primary N) is 1. The molecule has 0 bridgehead atoms. The Bertz CT molecular complexity index is 1180. The molecule has 4 rings (SSSR count). The van der Waals surface area contributed by atoms with Crippen molar-refractivity contribution >= 4 is 39.1 Å². The molecule has 0 spiro atoms. The van der Waals surface area contributed by atoms with Crippen LogP contribution in [0.5, 0.6) is 0 Å². The quantitative estimate of drug-likeness (QED) is 0.460. The molecule has 1 unspecified atom stereocenters. The number of hydrogen-bond donors (Lipinski definition) is 3. The van der Waals surface area contributed by atoms with Crippen LogP contribution in [0.4, 0.5) is 18.9 Å². The van der Waals surface area contributed by atoms with Crippen LogP contribution in [0, 0.1) is 12.8 Å². The third kappa shape index (κ3) is 7.40. The topological polar surface area (TPSA) is 109 Å². The van der Waals surface area contributed by atoms with Gasteiger partial charge in [0.1, 0.15) is 0 Å². The van der Waals surface area contributed by atoms with Gasteiger partial charge in [-0.25, -0.2) is 9.78 Å². The normalized spacial score (nSPS) is 16.0. The van der Waals surface area contributed by atoms with Crippen molar-refractivity contribution in [3.05, 3.63) is 58.6 Å². The summed E-state index contributed by atoms with van der Waals surface area (Å²) in [4.78, 5) is 27.3. The number of aromatic nitrogens is 1. The van der Waals surface area contributed by atoms with Gasteiger partial charge >= 0.3 is 12.1 Å². The Morgan fingerprint density at radius 2 is 1.94 bits per heavy atom. The molecule has 1 atom stereocenters. The van der Waals surface area contributed by atoms with E-state index in [1.165, 1.54) is 21.5 Å². The molecule has 2 heterocycles. The van der Waals surface area contributed by atoms with Crippen LogP contribution in [-0.2, 0) is 22.7 Å². The number of hydrogen-bond acceptors (Lipinski definition) is 6. The van der Waals surface area contributed by atoms with Crippen molar-refractivity contribution in [3.63, 3.8) is 0 Å². The fourth-order valence-electron chi connectivity index (χ4n) is 3.93. The zero-order chi connectivity index (χ0) is 25.6. The number of piperidine rings is 1. The van der Waals surface area contributed by atoms with Gasteiger partial charge in [0.25, 0.3) is 0 Å². The van der Waals surface area contributed by atoms with Gasteiger partial charge in [-0.15, -0.1) is 11.3 Å². The first-order valence-corrected chi connectivity index (χ1v) is 11.9. The van der Waals surface area contributed by atoms with E-state index < -0.39 is 12.1 Å². The van der Waals surface area contributed by atoms with Crippen LogP contribution in [0.1, 0.15) is 29.0 Å². The SMILES string of the molecule is Cc1nc2ccc(CNCc3ccccc3N3CCCC(C(N)=O)C3)cc2s1.O=C(O)C(F)(F)F. The number of carbonyl (C=O) groups is 2. The molecule has 1 fully saturated rings. The highest BCUT2D eigenvalue weighted by Crippen LogP contribution is 2.27. The van der Waals surface area contributed by atoms with Gasteiger partial charge in [-0.3, -0.25) is 4.79 Å². The number of amides is 1. The maximum absolute atomic E-state index is 11.6. The summed E-state index contributed by atoms with van der Waals surface area (Å²) in [6, 6.07) is 14.9. The maximum Gasteiger partial charge on any atom is 0.490 e. The molecule has 1 aromatic heterocycles. The standard InChI is InChI=1S/C22H26N4OS.C2HF3O2/c1-15-25-19-9-8-16(11-21(19)28-15)12-24-13-17-5-2-3-7-20(17)26-10-4-6-18(14-26)22(23)27;3-2(4,5)1(6)7/h2-3,5,7-9,11,18,24H,4,6,10,12-14H2,1H3,(H2,23,27);(H,6,7). The molecular weight excluding hydrogens is 481 g/mol. The largest absolute Gasteiger partial charge is 0.490 e. The number of nitrogens with zero attached hydrogens (tertiary/aromatic N) is 2. The van der Waals surface area contributed by atoms with Crippen LogP contribution in [0.2, 0.25) is 0 Å². The number of carboxylic acids is 1. The second-order valence-corrected chi connectivity index (χ2v) is 9.49. The van der Waals surface area contributed by atoms with E-state index in [0.29, 0.717) is 6.54 Å². The molecule has 1 aliphatic rings. The van der Waals surface area contributed by atoms with E-state index in [4.69, 9.17) is 15.6 Å². The molecule has 188 valence electrons. The van der Waals surface area contributed by atoms with Gasteiger partial charge in [-0.2, -0.15) is 13.2 Å². The van der Waals surface area contributed by atoms with Crippen LogP contribution < -0.4 is 16.0 Å². The molecular formula is C24H27F3N4O3S. The predicted molar refractivity (Wildman–Crippen MR) is 129 cm³/mol. The first-order valence-electron chi connectivity index (χ1n) is 11.0. The Morgan fingerprint density at radius 3 is 2.63 bits per heavy atom. The molecule has 0 radical (unpaired) electrons. The molecule has 35 heavy (non-hydrogen) atoms. The van der Waals surface area contributed by atoms with Crippen LogP contribution in [-0.4, -0.2) is 41.2 Å². The lowest BCUT2D eigenvalue weighted by atomic mass is 9.96. The van der Waals surface area contributed by atoms with Gasteiger partial charge in [-0.05, 0) is 49.1 Å². The smallest absolute Gasteiger partial charge is 0.475 e. The van der Waals surface area contributed by atoms with Crippen LogP contribution >= 0.6 is 11.3 Å². The van der Waals surface area contributed by atoms with Gasteiger partial charge in [0.2, 0.25) is 5.91 Å². The number of thiazole rings is 1. The zero-order valence-electron chi connectivity index (χ0n) is 19.1. The van der Waals surface area contributed by atoms with Gasteiger partial charge < -0.3 is 21.1 Å². The van der Waals surface area contributed by atoms with Crippen molar-refractivity contribution in [2.24, 2.45) is 11.7 Å². The van der Waals surface area contributed by atoms with Crippen molar-refractivity contribution in [3.8, 4) is 0 Å². The number of alkyl halides is 3. The average Bonchev–Trinajstić information content (AvgIpc) is 3.18. The number of fused-ring (bicyclic) bond motifs is 1. The minimum atomic E-state index is -5.08. The molecule has 3 aromatic rings. The van der Waals surface area contributed by atoms with Gasteiger partial charge in [0.05, 0.1) is 21.1 Å². The van der Waals surface area contributed by atoms with Gasteiger partial charge in [-0.1, -0.05) is 24.3 Å². The molecule has 7 nitrogen and oxygen atoms in total. The number of para-hydroxylation sites is 1. The molecule has 11 heteroatoms. The molecule has 0 saturated carbocycles. The Hall–Kier alpha value is -3.18. The summed E-state index contributed by atoms with van der Waals surface area (Å²) in [6.07, 6.45) is -3.19. The summed E-state index contributed by atoms with van der Waals surface area (Å²) < 4.78 is 33.0. The summed E-state index contributed by atoms with van der Waals surface area (Å²) >= 11 is 1.74. The lowest BCUT2D eigenvalue weighted by Gasteiger charge is -2.34. The highest BCUT2D eigenvalue weighted by Gasteiger charge is 2.38. The Balaban J connectivity index is 0.000000429. The fourth-order valence-corrected chi connectivity index (χ4v) is 4.82. The third-order valence-electron chi connectivity index (χ3n) is 5.60. The van der Waals surface area contributed by atoms with Gasteiger partial charge in [0.15, 0.2) is 0 Å². The molecule has 1 aliphatic heterocycles. The summed E-state index contributed by atoms with van der Waals surface area (Å²) in [5.41, 5.74) is 10.3. The second-order valence-electron chi connectivity index (χ2n) is 8.26. The molecule has 0 aliphatic carbocycles. The zero-order valence-corrected chi connectivity index (χ0v) is 20.0. The van der Waals surface area contributed by atoms with Crippen molar-refractivity contribution in [2.45, 2.75) is 39.0 Å². The average molecular weight is 509 g/mol. The lowest BCUT2D eigenvalue weighted by Crippen LogP contribution is -2.41. The van der Waals surface area contributed by atoms with E-state index in [1.807, 2.05) is 6.92 Å². The number of carbonyl (C=O) groups excluding carboxylic acids is 1. The summed E-state index contributed by atoms with van der Waals surface area (Å²) in [6.45, 7) is 5.33. The van der Waals surface area contributed by atoms with Crippen molar-refractivity contribution in [1.82, 2.24) is 10.3 Å². The Labute approximate surface area is 204 Å². The minimum absolute atomic E-state index is 0.0515. The van der Waals surface area contributed by atoms with E-state index in [-0.39, 0.29) is 11.8 Å². The fraction of sp³-hybridized carbons (Fsp3) is 0.375. The Morgan fingerprint density at radius 1 is 1.23 bits per heavy atom. The highest BCUT2D eigenvalue weighted by atomic mass is 32.1. The number of rotatable bonds is 6. The van der Waals surface area contributed by atoms with Crippen molar-refractivity contribution in [1.29, 1.82) is 0 Å². The number of benzene rings is 2. The number of aryl methyl sites for hydroxylation is 1. The molecule has 4 N–H and O–H groups in total. The molecule has 2 aromatic carbocycles. The number of primary amides is 1. The molecule has 1 saturated heterocycles. The summed E-state index contributed by atoms with van der Waals surface area (Å²) in [5.74, 6) is -2.99. The Kier molecular flexibility index (Phi) is 8.68. The first-order chi connectivity index (χ1) is 16.5. The van der Waals surface area contributed by atoms with E-state index >= 15 is 0 Å². The number of nitrogens with one attached hydrogen (secondary N) is 1. The lowest BCUT2D eigenvalue weighted by molar-refractivity contribution is -0.192. The van der Waals surface area contributed by atoms with Crippen LogP contribution in [0.3, 0.4) is 0 Å². The number of carboxylic acid groups (broad SMARTS) is 1. The van der Waals surface area contributed by atoms with E-state index in [2.05, 4.69) is 57.7 Å². The highest BCUT2D eigenvalue weighted by molar-refractivity contribution is 7.18. The summed E-state index contributed by atoms with van der Waals surface area (Å²) in [5, 5.41) is 11.8. The van der Waals surface area contributed by atoms with Crippen molar-refractivity contribution < 1.29 is 27.9 Å². The second kappa shape index (κ2) is 11.5. The number of anilines is 1. The number of halogens is 3. The maximum atomic E-state index is 11.6. The van der Waals surface area contributed by atoms with E-state index in [9.17, 15) is 18.0 Å². The van der Waals surface area contributed by atoms with E-state index in [0.717, 1.165) is 43.0 Å². The monoisotopic (exact) mass is 508 g/mol. The molecule has 1 amide bonds.